The first-order valence-corrected chi connectivity index (χ1v) is 7.61. The number of hydrogen-bond acceptors (Lipinski definition) is 4. The Labute approximate surface area is 133 Å². The van der Waals surface area contributed by atoms with Crippen molar-refractivity contribution in [2.24, 2.45) is 11.8 Å². The van der Waals surface area contributed by atoms with Gasteiger partial charge in [-0.05, 0) is 40.4 Å². The summed E-state index contributed by atoms with van der Waals surface area (Å²) in [7, 11) is 0. The molecular formula is C14H14BrN3O4. The molecule has 8 heteroatoms. The summed E-state index contributed by atoms with van der Waals surface area (Å²) >= 11 is 3.32. The molecule has 3 N–H and O–H groups in total. The number of anilines is 1. The number of halogens is 1. The van der Waals surface area contributed by atoms with Gasteiger partial charge < -0.3 is 20.0 Å². The number of aromatic nitrogens is 2. The van der Waals surface area contributed by atoms with Crippen LogP contribution >= 0.6 is 15.9 Å². The standard InChI is InChI=1S/C14H14BrN3O4/c1-6-2-7(6)13(20)22-5-12(19)16-9-4-11-10(3-8(9)15)17-14(21)18-11/h3-4,6-7H,2,5H2,1H3,(H,16,19)(H2,17,18,21)/t6-,7+/m1/s1. The van der Waals surface area contributed by atoms with Crippen LogP contribution in [0.4, 0.5) is 5.69 Å². The van der Waals surface area contributed by atoms with E-state index >= 15 is 0 Å². The predicted octanol–water partition coefficient (Wildman–Crippen LogP) is 1.76. The van der Waals surface area contributed by atoms with Gasteiger partial charge in [0.15, 0.2) is 6.61 Å². The summed E-state index contributed by atoms with van der Waals surface area (Å²) in [5.41, 5.74) is 1.37. The Kier molecular flexibility index (Phi) is 3.78. The van der Waals surface area contributed by atoms with Gasteiger partial charge in [0.25, 0.3) is 5.91 Å². The van der Waals surface area contributed by atoms with E-state index in [1.165, 1.54) is 0 Å². The van der Waals surface area contributed by atoms with Gasteiger partial charge >= 0.3 is 11.7 Å². The van der Waals surface area contributed by atoms with Crippen LogP contribution in [0.1, 0.15) is 13.3 Å². The molecule has 1 aliphatic rings. The summed E-state index contributed by atoms with van der Waals surface area (Å²) in [6.07, 6.45) is 0.823. The minimum absolute atomic E-state index is 0.0687. The lowest BCUT2D eigenvalue weighted by Crippen LogP contribution is -2.22. The van der Waals surface area contributed by atoms with Gasteiger partial charge in [0.1, 0.15) is 0 Å². The predicted molar refractivity (Wildman–Crippen MR) is 83.5 cm³/mol. The van der Waals surface area contributed by atoms with Crippen LogP contribution in [0, 0.1) is 11.8 Å². The van der Waals surface area contributed by atoms with Crippen molar-refractivity contribution < 1.29 is 14.3 Å². The molecule has 1 aromatic carbocycles. The van der Waals surface area contributed by atoms with Crippen LogP contribution in [-0.4, -0.2) is 28.5 Å². The van der Waals surface area contributed by atoms with Crippen molar-refractivity contribution in [3.05, 3.63) is 27.1 Å². The number of imidazole rings is 1. The van der Waals surface area contributed by atoms with Gasteiger partial charge in [-0.3, -0.25) is 9.59 Å². The highest BCUT2D eigenvalue weighted by atomic mass is 79.9. The molecule has 2 aromatic rings. The number of hydrogen-bond donors (Lipinski definition) is 3. The summed E-state index contributed by atoms with van der Waals surface area (Å²) in [6.45, 7) is 1.65. The lowest BCUT2D eigenvalue weighted by atomic mass is 10.2. The fraction of sp³-hybridized carbons (Fsp3) is 0.357. The number of esters is 1. The molecule has 0 aliphatic heterocycles. The molecule has 2 atom stereocenters. The van der Waals surface area contributed by atoms with Crippen molar-refractivity contribution in [3.8, 4) is 0 Å². The number of nitrogens with one attached hydrogen (secondary N) is 3. The lowest BCUT2D eigenvalue weighted by Gasteiger charge is -2.08. The van der Waals surface area contributed by atoms with Gasteiger partial charge in [-0.25, -0.2) is 4.79 Å². The molecule has 3 rings (SSSR count). The Bertz CT molecular complexity index is 810. The number of rotatable bonds is 4. The van der Waals surface area contributed by atoms with Gasteiger partial charge in [-0.1, -0.05) is 6.92 Å². The molecule has 0 saturated heterocycles. The van der Waals surface area contributed by atoms with Crippen LogP contribution in [0.5, 0.6) is 0 Å². The van der Waals surface area contributed by atoms with Crippen LogP contribution < -0.4 is 11.0 Å². The Balaban J connectivity index is 1.64. The highest BCUT2D eigenvalue weighted by molar-refractivity contribution is 9.10. The molecule has 1 aliphatic carbocycles. The minimum atomic E-state index is -0.431. The minimum Gasteiger partial charge on any atom is -0.455 e. The molecule has 1 heterocycles. The molecule has 0 spiro atoms. The Morgan fingerprint density at radius 3 is 2.64 bits per heavy atom. The third-order valence-electron chi connectivity index (χ3n) is 3.64. The number of aromatic amines is 2. The van der Waals surface area contributed by atoms with Gasteiger partial charge in [-0.15, -0.1) is 0 Å². The first-order valence-electron chi connectivity index (χ1n) is 6.82. The third-order valence-corrected chi connectivity index (χ3v) is 4.29. The van der Waals surface area contributed by atoms with Crippen molar-refractivity contribution in [2.75, 3.05) is 11.9 Å². The quantitative estimate of drug-likeness (QED) is 0.716. The van der Waals surface area contributed by atoms with E-state index in [-0.39, 0.29) is 24.2 Å². The van der Waals surface area contributed by atoms with Crippen LogP contribution in [-0.2, 0) is 14.3 Å². The van der Waals surface area contributed by atoms with E-state index in [0.717, 1.165) is 6.42 Å². The van der Waals surface area contributed by atoms with Crippen molar-refractivity contribution in [2.45, 2.75) is 13.3 Å². The lowest BCUT2D eigenvalue weighted by molar-refractivity contribution is -0.148. The topological polar surface area (TPSA) is 104 Å². The summed E-state index contributed by atoms with van der Waals surface area (Å²) in [5, 5.41) is 2.64. The van der Waals surface area contributed by atoms with E-state index in [9.17, 15) is 14.4 Å². The maximum atomic E-state index is 11.8. The van der Waals surface area contributed by atoms with Crippen molar-refractivity contribution in [3.63, 3.8) is 0 Å². The largest absolute Gasteiger partial charge is 0.455 e. The number of carbonyl (C=O) groups excluding carboxylic acids is 2. The second-order valence-electron chi connectivity index (χ2n) is 5.43. The molecular weight excluding hydrogens is 354 g/mol. The first-order chi connectivity index (χ1) is 10.4. The molecule has 1 aromatic heterocycles. The zero-order valence-electron chi connectivity index (χ0n) is 11.7. The van der Waals surface area contributed by atoms with E-state index in [4.69, 9.17) is 4.74 Å². The summed E-state index contributed by atoms with van der Waals surface area (Å²) in [5.74, 6) is -0.481. The number of ether oxygens (including phenoxy) is 1. The zero-order chi connectivity index (χ0) is 15.9. The number of H-pyrrole nitrogens is 2. The third kappa shape index (κ3) is 3.06. The molecule has 1 amide bonds. The van der Waals surface area contributed by atoms with Crippen LogP contribution in [0.2, 0.25) is 0 Å². The molecule has 0 bridgehead atoms. The number of amides is 1. The number of benzene rings is 1. The zero-order valence-corrected chi connectivity index (χ0v) is 13.3. The molecule has 7 nitrogen and oxygen atoms in total. The molecule has 1 fully saturated rings. The average Bonchev–Trinajstić information content (AvgIpc) is 3.07. The summed E-state index contributed by atoms with van der Waals surface area (Å²) < 4.78 is 5.59. The highest BCUT2D eigenvalue weighted by Gasteiger charge is 2.40. The molecule has 1 saturated carbocycles. The van der Waals surface area contributed by atoms with Gasteiger partial charge in [0.05, 0.1) is 22.6 Å². The Morgan fingerprint density at radius 2 is 2.00 bits per heavy atom. The molecule has 0 unspecified atom stereocenters. The van der Waals surface area contributed by atoms with Gasteiger partial charge in [-0.2, -0.15) is 0 Å². The Hall–Kier alpha value is -2.09. The van der Waals surface area contributed by atoms with E-state index in [1.54, 1.807) is 12.1 Å². The fourth-order valence-electron chi connectivity index (χ4n) is 2.23. The monoisotopic (exact) mass is 367 g/mol. The van der Waals surface area contributed by atoms with E-state index in [2.05, 4.69) is 31.2 Å². The van der Waals surface area contributed by atoms with Gasteiger partial charge in [0, 0.05) is 4.47 Å². The Morgan fingerprint density at radius 1 is 1.36 bits per heavy atom. The second-order valence-corrected chi connectivity index (χ2v) is 6.29. The van der Waals surface area contributed by atoms with Crippen molar-refractivity contribution >= 4 is 44.5 Å². The van der Waals surface area contributed by atoms with Crippen molar-refractivity contribution in [1.29, 1.82) is 0 Å². The smallest absolute Gasteiger partial charge is 0.323 e. The SMILES string of the molecule is C[C@@H]1C[C@@H]1C(=O)OCC(=O)Nc1cc2[nH]c(=O)[nH]c2cc1Br. The van der Waals surface area contributed by atoms with E-state index < -0.39 is 5.91 Å². The van der Waals surface area contributed by atoms with Crippen LogP contribution in [0.3, 0.4) is 0 Å². The maximum absolute atomic E-state index is 11.8. The molecule has 22 heavy (non-hydrogen) atoms. The first kappa shape index (κ1) is 14.8. The normalized spacial score (nSPS) is 19.9. The fourth-order valence-corrected chi connectivity index (χ4v) is 2.67. The maximum Gasteiger partial charge on any atom is 0.323 e. The van der Waals surface area contributed by atoms with Crippen LogP contribution in [0.25, 0.3) is 11.0 Å². The van der Waals surface area contributed by atoms with Crippen LogP contribution in [0.15, 0.2) is 21.4 Å². The number of fused-ring (bicyclic) bond motifs is 1. The summed E-state index contributed by atoms with van der Waals surface area (Å²) in [6, 6.07) is 3.31. The van der Waals surface area contributed by atoms with Gasteiger partial charge in [0.2, 0.25) is 0 Å². The summed E-state index contributed by atoms with van der Waals surface area (Å²) in [4.78, 5) is 39.9. The van der Waals surface area contributed by atoms with Crippen molar-refractivity contribution in [1.82, 2.24) is 9.97 Å². The molecule has 116 valence electrons. The molecule has 0 radical (unpaired) electrons. The van der Waals surface area contributed by atoms with E-state index in [0.29, 0.717) is 27.1 Å². The highest BCUT2D eigenvalue weighted by Crippen LogP contribution is 2.38. The van der Waals surface area contributed by atoms with E-state index in [1.807, 2.05) is 6.92 Å². The number of carbonyl (C=O) groups is 2. The second kappa shape index (κ2) is 5.60. The average molecular weight is 368 g/mol.